The van der Waals surface area contributed by atoms with Crippen molar-refractivity contribution in [1.29, 1.82) is 0 Å². The van der Waals surface area contributed by atoms with Gasteiger partial charge in [0.25, 0.3) is 5.91 Å². The number of benzene rings is 1. The molecule has 1 amide bonds. The van der Waals surface area contributed by atoms with Crippen LogP contribution in [0.25, 0.3) is 0 Å². The number of nitrogen functional groups attached to an aromatic ring is 1. The zero-order valence-electron chi connectivity index (χ0n) is 9.41. The van der Waals surface area contributed by atoms with Crippen LogP contribution in [0.1, 0.15) is 16.8 Å². The molecule has 4 nitrogen and oxygen atoms in total. The third-order valence-electron chi connectivity index (χ3n) is 2.85. The van der Waals surface area contributed by atoms with Crippen molar-refractivity contribution < 1.29 is 9.53 Å². The number of hydrogen-bond acceptors (Lipinski definition) is 3. The van der Waals surface area contributed by atoms with E-state index in [0.717, 1.165) is 19.6 Å². The topological polar surface area (TPSA) is 64.4 Å². The summed E-state index contributed by atoms with van der Waals surface area (Å²) in [6.07, 6.45) is 1.01. The van der Waals surface area contributed by atoms with Crippen molar-refractivity contribution in [1.82, 2.24) is 5.32 Å². The van der Waals surface area contributed by atoms with Crippen LogP contribution in [-0.2, 0) is 4.74 Å². The number of carbonyl (C=O) groups is 1. The van der Waals surface area contributed by atoms with Gasteiger partial charge in [-0.05, 0) is 34.5 Å². The molecule has 1 aromatic rings. The molecule has 0 aromatic heterocycles. The Balaban J connectivity index is 1.97. The molecule has 2 rings (SSSR count). The first-order valence-corrected chi connectivity index (χ1v) is 6.37. The minimum Gasteiger partial charge on any atom is -0.398 e. The quantitative estimate of drug-likeness (QED) is 0.837. The summed E-state index contributed by atoms with van der Waals surface area (Å²) in [6, 6.07) is 5.28. The molecular formula is C12H15BrN2O2. The van der Waals surface area contributed by atoms with Crippen molar-refractivity contribution in [2.45, 2.75) is 6.42 Å². The molecule has 1 aromatic carbocycles. The highest BCUT2D eigenvalue weighted by Crippen LogP contribution is 2.23. The number of carbonyl (C=O) groups excluding carboxylic acids is 1. The van der Waals surface area contributed by atoms with E-state index in [1.165, 1.54) is 0 Å². The number of amides is 1. The SMILES string of the molecule is Nc1cccc(C(=O)NCC2CCOC2)c1Br. The molecule has 0 radical (unpaired) electrons. The van der Waals surface area contributed by atoms with Gasteiger partial charge in [-0.2, -0.15) is 0 Å². The molecule has 5 heteroatoms. The standard InChI is InChI=1S/C12H15BrN2O2/c13-11-9(2-1-3-10(11)14)12(16)15-6-8-4-5-17-7-8/h1-3,8H,4-7,14H2,(H,15,16). The van der Waals surface area contributed by atoms with Gasteiger partial charge in [0.05, 0.1) is 16.6 Å². The molecule has 0 saturated carbocycles. The van der Waals surface area contributed by atoms with Gasteiger partial charge in [-0.15, -0.1) is 0 Å². The molecule has 92 valence electrons. The summed E-state index contributed by atoms with van der Waals surface area (Å²) in [7, 11) is 0. The lowest BCUT2D eigenvalue weighted by Crippen LogP contribution is -2.29. The Hall–Kier alpha value is -1.07. The van der Waals surface area contributed by atoms with Gasteiger partial charge in [-0.1, -0.05) is 6.07 Å². The lowest BCUT2D eigenvalue weighted by molar-refractivity contribution is 0.0944. The molecule has 3 N–H and O–H groups in total. The van der Waals surface area contributed by atoms with Crippen LogP contribution in [0.4, 0.5) is 5.69 Å². The van der Waals surface area contributed by atoms with E-state index in [4.69, 9.17) is 10.5 Å². The number of nitrogens with one attached hydrogen (secondary N) is 1. The molecule has 1 aliphatic rings. The molecule has 0 spiro atoms. The van der Waals surface area contributed by atoms with Gasteiger partial charge in [0.1, 0.15) is 0 Å². The summed E-state index contributed by atoms with van der Waals surface area (Å²) in [5, 5.41) is 2.90. The number of nitrogens with two attached hydrogens (primary N) is 1. The van der Waals surface area contributed by atoms with Gasteiger partial charge in [-0.3, -0.25) is 4.79 Å². The van der Waals surface area contributed by atoms with Gasteiger partial charge < -0.3 is 15.8 Å². The van der Waals surface area contributed by atoms with E-state index in [2.05, 4.69) is 21.2 Å². The Kier molecular flexibility index (Phi) is 4.02. The van der Waals surface area contributed by atoms with E-state index in [0.29, 0.717) is 28.2 Å². The van der Waals surface area contributed by atoms with Crippen LogP contribution in [0.2, 0.25) is 0 Å². The van der Waals surface area contributed by atoms with E-state index in [1.54, 1.807) is 18.2 Å². The van der Waals surface area contributed by atoms with Gasteiger partial charge >= 0.3 is 0 Å². The summed E-state index contributed by atoms with van der Waals surface area (Å²) in [5.41, 5.74) is 6.87. The molecule has 1 atom stereocenters. The van der Waals surface area contributed by atoms with E-state index in [-0.39, 0.29) is 5.91 Å². The Morgan fingerprint density at radius 3 is 3.12 bits per heavy atom. The second-order valence-corrected chi connectivity index (χ2v) is 4.94. The summed E-state index contributed by atoms with van der Waals surface area (Å²) >= 11 is 3.32. The number of ether oxygens (including phenoxy) is 1. The maximum absolute atomic E-state index is 11.9. The molecule has 1 fully saturated rings. The maximum Gasteiger partial charge on any atom is 0.252 e. The van der Waals surface area contributed by atoms with E-state index in [1.807, 2.05) is 0 Å². The average molecular weight is 299 g/mol. The summed E-state index contributed by atoms with van der Waals surface area (Å²) in [6.45, 7) is 2.18. The average Bonchev–Trinajstić information content (AvgIpc) is 2.82. The van der Waals surface area contributed by atoms with Crippen LogP contribution in [0, 0.1) is 5.92 Å². The third kappa shape index (κ3) is 2.98. The first-order chi connectivity index (χ1) is 8.18. The Morgan fingerprint density at radius 2 is 2.41 bits per heavy atom. The minimum absolute atomic E-state index is 0.101. The van der Waals surface area contributed by atoms with Crippen molar-refractivity contribution in [3.05, 3.63) is 28.2 Å². The van der Waals surface area contributed by atoms with Crippen molar-refractivity contribution in [2.75, 3.05) is 25.5 Å². The monoisotopic (exact) mass is 298 g/mol. The van der Waals surface area contributed by atoms with Crippen molar-refractivity contribution >= 4 is 27.5 Å². The molecule has 1 heterocycles. The highest BCUT2D eigenvalue weighted by Gasteiger charge is 2.18. The maximum atomic E-state index is 11.9. The fourth-order valence-corrected chi connectivity index (χ4v) is 2.25. The molecule has 1 saturated heterocycles. The van der Waals surface area contributed by atoms with Crippen molar-refractivity contribution in [2.24, 2.45) is 5.92 Å². The largest absolute Gasteiger partial charge is 0.398 e. The molecule has 0 aliphatic carbocycles. The second kappa shape index (κ2) is 5.51. The van der Waals surface area contributed by atoms with Crippen LogP contribution in [0.3, 0.4) is 0 Å². The minimum atomic E-state index is -0.101. The lowest BCUT2D eigenvalue weighted by atomic mass is 10.1. The molecular weight excluding hydrogens is 284 g/mol. The Labute approximate surface area is 109 Å². The highest BCUT2D eigenvalue weighted by atomic mass is 79.9. The summed E-state index contributed by atoms with van der Waals surface area (Å²) in [5.74, 6) is 0.329. The molecule has 1 aliphatic heterocycles. The fourth-order valence-electron chi connectivity index (χ4n) is 1.80. The van der Waals surface area contributed by atoms with Gasteiger partial charge in [0, 0.05) is 24.8 Å². The van der Waals surface area contributed by atoms with Gasteiger partial charge in [-0.25, -0.2) is 0 Å². The van der Waals surface area contributed by atoms with Gasteiger partial charge in [0.2, 0.25) is 0 Å². The third-order valence-corrected chi connectivity index (χ3v) is 3.73. The highest BCUT2D eigenvalue weighted by molar-refractivity contribution is 9.10. The predicted molar refractivity (Wildman–Crippen MR) is 69.8 cm³/mol. The molecule has 17 heavy (non-hydrogen) atoms. The first kappa shape index (κ1) is 12.4. The zero-order chi connectivity index (χ0) is 12.3. The van der Waals surface area contributed by atoms with Crippen LogP contribution < -0.4 is 11.1 Å². The number of anilines is 1. The fraction of sp³-hybridized carbons (Fsp3) is 0.417. The zero-order valence-corrected chi connectivity index (χ0v) is 11.0. The van der Waals surface area contributed by atoms with Crippen LogP contribution in [0.5, 0.6) is 0 Å². The van der Waals surface area contributed by atoms with Crippen LogP contribution >= 0.6 is 15.9 Å². The lowest BCUT2D eigenvalue weighted by Gasteiger charge is -2.11. The Bertz CT molecular complexity index is 417. The normalized spacial score (nSPS) is 19.2. The van der Waals surface area contributed by atoms with Crippen LogP contribution in [-0.4, -0.2) is 25.7 Å². The van der Waals surface area contributed by atoms with E-state index in [9.17, 15) is 4.79 Å². The number of rotatable bonds is 3. The van der Waals surface area contributed by atoms with E-state index >= 15 is 0 Å². The van der Waals surface area contributed by atoms with Crippen LogP contribution in [0.15, 0.2) is 22.7 Å². The molecule has 1 unspecified atom stereocenters. The van der Waals surface area contributed by atoms with Gasteiger partial charge in [0.15, 0.2) is 0 Å². The molecule has 0 bridgehead atoms. The van der Waals surface area contributed by atoms with Crippen molar-refractivity contribution in [3.8, 4) is 0 Å². The predicted octanol–water partition coefficient (Wildman–Crippen LogP) is 1.80. The first-order valence-electron chi connectivity index (χ1n) is 5.58. The van der Waals surface area contributed by atoms with E-state index < -0.39 is 0 Å². The number of hydrogen-bond donors (Lipinski definition) is 2. The summed E-state index contributed by atoms with van der Waals surface area (Å²) in [4.78, 5) is 11.9. The Morgan fingerprint density at radius 1 is 1.59 bits per heavy atom. The van der Waals surface area contributed by atoms with Crippen molar-refractivity contribution in [3.63, 3.8) is 0 Å². The summed E-state index contributed by atoms with van der Waals surface area (Å²) < 4.78 is 5.91. The number of halogens is 1. The smallest absolute Gasteiger partial charge is 0.252 e. The second-order valence-electron chi connectivity index (χ2n) is 4.15.